The van der Waals surface area contributed by atoms with Gasteiger partial charge in [-0.25, -0.2) is 0 Å². The number of ether oxygens (including phenoxy) is 2. The molecule has 1 aliphatic heterocycles. The molecule has 0 amide bonds. The standard InChI is InChI=1S/C21H23ClO2/c22-17-11-9-15(10-12-17)14-23-21-13-20(16-5-2-1-3-6-16)24-19-8-4-7-18(19)21/h1-3,5-6,9-12,18-21H,4,7-8,13-14H2/t18-,19-,20-,21-/m1/s1. The molecule has 2 aliphatic rings. The van der Waals surface area contributed by atoms with E-state index < -0.39 is 0 Å². The van der Waals surface area contributed by atoms with Crippen LogP contribution in [-0.2, 0) is 16.1 Å². The molecule has 4 rings (SSSR count). The van der Waals surface area contributed by atoms with Gasteiger partial charge in [0.1, 0.15) is 0 Å². The molecule has 126 valence electrons. The predicted molar refractivity (Wildman–Crippen MR) is 96.0 cm³/mol. The molecule has 0 spiro atoms. The second kappa shape index (κ2) is 7.26. The lowest BCUT2D eigenvalue weighted by Gasteiger charge is -2.39. The van der Waals surface area contributed by atoms with E-state index in [0.29, 0.717) is 18.6 Å². The average molecular weight is 343 g/mol. The van der Waals surface area contributed by atoms with Crippen molar-refractivity contribution in [1.82, 2.24) is 0 Å². The van der Waals surface area contributed by atoms with E-state index in [-0.39, 0.29) is 12.2 Å². The average Bonchev–Trinajstić information content (AvgIpc) is 3.10. The van der Waals surface area contributed by atoms with E-state index in [1.807, 2.05) is 24.3 Å². The van der Waals surface area contributed by atoms with Crippen LogP contribution in [0, 0.1) is 5.92 Å². The van der Waals surface area contributed by atoms with Crippen LogP contribution in [0.1, 0.15) is 42.9 Å². The molecule has 24 heavy (non-hydrogen) atoms. The van der Waals surface area contributed by atoms with E-state index in [1.165, 1.54) is 24.0 Å². The first-order valence-corrected chi connectivity index (χ1v) is 9.24. The Bertz CT molecular complexity index is 655. The summed E-state index contributed by atoms with van der Waals surface area (Å²) in [6, 6.07) is 18.5. The smallest absolute Gasteiger partial charge is 0.0853 e. The molecule has 3 heteroatoms. The minimum atomic E-state index is 0.153. The van der Waals surface area contributed by atoms with Crippen molar-refractivity contribution in [2.75, 3.05) is 0 Å². The molecule has 0 radical (unpaired) electrons. The molecule has 2 nitrogen and oxygen atoms in total. The van der Waals surface area contributed by atoms with Crippen LogP contribution < -0.4 is 0 Å². The van der Waals surface area contributed by atoms with Crippen LogP contribution in [0.4, 0.5) is 0 Å². The molecule has 0 bridgehead atoms. The van der Waals surface area contributed by atoms with Gasteiger partial charge in [-0.2, -0.15) is 0 Å². The number of halogens is 1. The van der Waals surface area contributed by atoms with Crippen LogP contribution in [0.5, 0.6) is 0 Å². The summed E-state index contributed by atoms with van der Waals surface area (Å²) in [5.74, 6) is 0.539. The lowest BCUT2D eigenvalue weighted by Crippen LogP contribution is -2.39. The maximum Gasteiger partial charge on any atom is 0.0853 e. The molecule has 4 atom stereocenters. The van der Waals surface area contributed by atoms with Crippen LogP contribution in [0.15, 0.2) is 54.6 Å². The van der Waals surface area contributed by atoms with Gasteiger partial charge in [-0.3, -0.25) is 0 Å². The molecule has 0 N–H and O–H groups in total. The second-order valence-corrected chi connectivity index (χ2v) is 7.32. The van der Waals surface area contributed by atoms with Crippen LogP contribution in [0.25, 0.3) is 0 Å². The van der Waals surface area contributed by atoms with Crippen molar-refractivity contribution in [2.45, 2.75) is 50.6 Å². The molecule has 2 aromatic rings. The minimum Gasteiger partial charge on any atom is -0.373 e. The van der Waals surface area contributed by atoms with Crippen molar-refractivity contribution in [3.05, 3.63) is 70.7 Å². The van der Waals surface area contributed by atoms with Crippen LogP contribution in [-0.4, -0.2) is 12.2 Å². The summed E-state index contributed by atoms with van der Waals surface area (Å²) in [5, 5.41) is 0.768. The van der Waals surface area contributed by atoms with Crippen LogP contribution in [0.3, 0.4) is 0 Å². The fourth-order valence-corrected chi connectivity index (χ4v) is 4.19. The highest BCUT2D eigenvalue weighted by Gasteiger charge is 2.42. The van der Waals surface area contributed by atoms with Crippen molar-refractivity contribution in [3.63, 3.8) is 0 Å². The van der Waals surface area contributed by atoms with E-state index in [1.54, 1.807) is 0 Å². The molecule has 1 aliphatic carbocycles. The Morgan fingerprint density at radius 2 is 1.79 bits per heavy atom. The molecule has 1 saturated carbocycles. The van der Waals surface area contributed by atoms with Gasteiger partial charge in [0, 0.05) is 17.4 Å². The van der Waals surface area contributed by atoms with Gasteiger partial charge in [0.15, 0.2) is 0 Å². The monoisotopic (exact) mass is 342 g/mol. The number of rotatable bonds is 4. The Labute approximate surface area is 148 Å². The third-order valence-corrected chi connectivity index (χ3v) is 5.57. The zero-order valence-electron chi connectivity index (χ0n) is 13.7. The second-order valence-electron chi connectivity index (χ2n) is 6.88. The summed E-state index contributed by atoms with van der Waals surface area (Å²) in [4.78, 5) is 0. The predicted octanol–water partition coefficient (Wildman–Crippen LogP) is 5.56. The summed E-state index contributed by atoms with van der Waals surface area (Å²) in [5.41, 5.74) is 2.44. The number of hydrogen-bond acceptors (Lipinski definition) is 2. The maximum atomic E-state index is 6.40. The molecular formula is C21H23ClO2. The first kappa shape index (κ1) is 16.1. The van der Waals surface area contributed by atoms with Crippen molar-refractivity contribution in [2.24, 2.45) is 5.92 Å². The zero-order chi connectivity index (χ0) is 16.4. The highest BCUT2D eigenvalue weighted by molar-refractivity contribution is 6.30. The maximum absolute atomic E-state index is 6.40. The molecular weight excluding hydrogens is 320 g/mol. The third kappa shape index (κ3) is 3.51. The topological polar surface area (TPSA) is 18.5 Å². The van der Waals surface area contributed by atoms with Gasteiger partial charge in [-0.05, 0) is 36.1 Å². The highest BCUT2D eigenvalue weighted by Crippen LogP contribution is 2.43. The first-order chi connectivity index (χ1) is 11.8. The van der Waals surface area contributed by atoms with Gasteiger partial charge >= 0.3 is 0 Å². The SMILES string of the molecule is Clc1ccc(CO[C@@H]2C[C@H](c3ccccc3)O[C@@H]3CCC[C@@H]23)cc1. The minimum absolute atomic E-state index is 0.153. The molecule has 0 unspecified atom stereocenters. The van der Waals surface area contributed by atoms with E-state index in [0.717, 1.165) is 17.9 Å². The zero-order valence-corrected chi connectivity index (χ0v) is 14.5. The largest absolute Gasteiger partial charge is 0.373 e. The van der Waals surface area contributed by atoms with Gasteiger partial charge in [-0.15, -0.1) is 0 Å². The first-order valence-electron chi connectivity index (χ1n) is 8.86. The Hall–Kier alpha value is -1.35. The fourth-order valence-electron chi connectivity index (χ4n) is 4.06. The van der Waals surface area contributed by atoms with Gasteiger partial charge in [0.25, 0.3) is 0 Å². The molecule has 2 fully saturated rings. The van der Waals surface area contributed by atoms with E-state index in [2.05, 4.69) is 30.3 Å². The summed E-state index contributed by atoms with van der Waals surface area (Å²) >= 11 is 5.96. The van der Waals surface area contributed by atoms with E-state index >= 15 is 0 Å². The van der Waals surface area contributed by atoms with E-state index in [9.17, 15) is 0 Å². The Morgan fingerprint density at radius 3 is 2.58 bits per heavy atom. The van der Waals surface area contributed by atoms with Gasteiger partial charge in [0.05, 0.1) is 24.9 Å². The van der Waals surface area contributed by atoms with Crippen LogP contribution >= 0.6 is 11.6 Å². The lowest BCUT2D eigenvalue weighted by molar-refractivity contribution is -0.148. The molecule has 1 heterocycles. The summed E-state index contributed by atoms with van der Waals surface area (Å²) in [6.07, 6.45) is 5.34. The molecule has 1 saturated heterocycles. The highest BCUT2D eigenvalue weighted by atomic mass is 35.5. The van der Waals surface area contributed by atoms with Crippen molar-refractivity contribution in [3.8, 4) is 0 Å². The van der Waals surface area contributed by atoms with E-state index in [4.69, 9.17) is 21.1 Å². The van der Waals surface area contributed by atoms with Crippen molar-refractivity contribution >= 4 is 11.6 Å². The Morgan fingerprint density at radius 1 is 1.00 bits per heavy atom. The lowest BCUT2D eigenvalue weighted by atomic mass is 9.88. The van der Waals surface area contributed by atoms with Crippen molar-refractivity contribution < 1.29 is 9.47 Å². The van der Waals surface area contributed by atoms with Crippen LogP contribution in [0.2, 0.25) is 5.02 Å². The molecule has 2 aromatic carbocycles. The van der Waals surface area contributed by atoms with Gasteiger partial charge in [-0.1, -0.05) is 60.5 Å². The normalized spacial score (nSPS) is 29.4. The summed E-state index contributed by atoms with van der Waals surface area (Å²) in [7, 11) is 0. The number of fused-ring (bicyclic) bond motifs is 1. The summed E-state index contributed by atoms with van der Waals surface area (Å²) in [6.45, 7) is 0.645. The quantitative estimate of drug-likeness (QED) is 0.724. The fraction of sp³-hybridized carbons (Fsp3) is 0.429. The Kier molecular flexibility index (Phi) is 4.88. The number of hydrogen-bond donors (Lipinski definition) is 0. The summed E-state index contributed by atoms with van der Waals surface area (Å²) < 4.78 is 12.7. The number of benzene rings is 2. The third-order valence-electron chi connectivity index (χ3n) is 5.32. The van der Waals surface area contributed by atoms with Gasteiger partial charge in [0.2, 0.25) is 0 Å². The van der Waals surface area contributed by atoms with Crippen molar-refractivity contribution in [1.29, 1.82) is 0 Å². The Balaban J connectivity index is 1.46. The van der Waals surface area contributed by atoms with Gasteiger partial charge < -0.3 is 9.47 Å². The molecule has 0 aromatic heterocycles.